The van der Waals surface area contributed by atoms with Gasteiger partial charge < -0.3 is 10.4 Å². The third-order valence-corrected chi connectivity index (χ3v) is 1.90. The second-order valence-electron chi connectivity index (χ2n) is 2.98. The van der Waals surface area contributed by atoms with Gasteiger partial charge in [-0.1, -0.05) is 13.0 Å². The van der Waals surface area contributed by atoms with Crippen LogP contribution in [0.5, 0.6) is 0 Å². The molecule has 0 fully saturated rings. The predicted octanol–water partition coefficient (Wildman–Crippen LogP) is 0.932. The standard InChI is InChI=1S/C9H15NO3/c1-4-6-7(11)10-9(3,5-2)8(12)13/h4,6H,5H2,1-3H3,(H,10,11)(H,12,13). The van der Waals surface area contributed by atoms with Gasteiger partial charge in [-0.15, -0.1) is 0 Å². The molecule has 2 N–H and O–H groups in total. The minimum absolute atomic E-state index is 0.353. The highest BCUT2D eigenvalue weighted by atomic mass is 16.4. The van der Waals surface area contributed by atoms with Crippen LogP contribution in [0.2, 0.25) is 0 Å². The molecular weight excluding hydrogens is 170 g/mol. The Balaban J connectivity index is 4.45. The highest BCUT2D eigenvalue weighted by Gasteiger charge is 2.31. The minimum atomic E-state index is -1.17. The molecule has 0 saturated carbocycles. The van der Waals surface area contributed by atoms with Crippen molar-refractivity contribution in [2.75, 3.05) is 0 Å². The zero-order valence-electron chi connectivity index (χ0n) is 8.13. The van der Waals surface area contributed by atoms with E-state index in [0.717, 1.165) is 0 Å². The second-order valence-corrected chi connectivity index (χ2v) is 2.98. The van der Waals surface area contributed by atoms with Gasteiger partial charge in [-0.2, -0.15) is 0 Å². The van der Waals surface area contributed by atoms with Gasteiger partial charge in [0.15, 0.2) is 0 Å². The Hall–Kier alpha value is -1.32. The van der Waals surface area contributed by atoms with Crippen molar-refractivity contribution >= 4 is 11.9 Å². The van der Waals surface area contributed by atoms with E-state index in [1.54, 1.807) is 19.9 Å². The zero-order chi connectivity index (χ0) is 10.5. The molecule has 0 spiro atoms. The van der Waals surface area contributed by atoms with Crippen LogP contribution in [0.4, 0.5) is 0 Å². The number of carboxylic acid groups (broad SMARTS) is 1. The lowest BCUT2D eigenvalue weighted by Crippen LogP contribution is -2.51. The van der Waals surface area contributed by atoms with E-state index >= 15 is 0 Å². The summed E-state index contributed by atoms with van der Waals surface area (Å²) in [6, 6.07) is 0. The van der Waals surface area contributed by atoms with Crippen molar-refractivity contribution in [3.63, 3.8) is 0 Å². The van der Waals surface area contributed by atoms with Gasteiger partial charge in [-0.05, 0) is 26.3 Å². The third kappa shape index (κ3) is 3.27. The first-order chi connectivity index (χ1) is 5.96. The lowest BCUT2D eigenvalue weighted by Gasteiger charge is -2.23. The van der Waals surface area contributed by atoms with Gasteiger partial charge in [0.2, 0.25) is 5.91 Å². The van der Waals surface area contributed by atoms with Crippen molar-refractivity contribution in [1.29, 1.82) is 0 Å². The van der Waals surface area contributed by atoms with Gasteiger partial charge in [0.1, 0.15) is 5.54 Å². The SMILES string of the molecule is CC=CC(=O)NC(C)(CC)C(=O)O. The Labute approximate surface area is 77.6 Å². The number of carbonyl (C=O) groups is 2. The molecule has 0 saturated heterocycles. The van der Waals surface area contributed by atoms with E-state index in [-0.39, 0.29) is 5.91 Å². The summed E-state index contributed by atoms with van der Waals surface area (Å²) in [4.78, 5) is 21.8. The quantitative estimate of drug-likeness (QED) is 0.640. The van der Waals surface area contributed by atoms with E-state index < -0.39 is 11.5 Å². The van der Waals surface area contributed by atoms with Crippen LogP contribution in [0.1, 0.15) is 27.2 Å². The summed E-state index contributed by atoms with van der Waals surface area (Å²) < 4.78 is 0. The molecule has 4 heteroatoms. The van der Waals surface area contributed by atoms with Gasteiger partial charge >= 0.3 is 5.97 Å². The number of carbonyl (C=O) groups excluding carboxylic acids is 1. The number of carboxylic acids is 1. The van der Waals surface area contributed by atoms with Crippen LogP contribution in [0.3, 0.4) is 0 Å². The summed E-state index contributed by atoms with van der Waals surface area (Å²) in [5.41, 5.74) is -1.17. The van der Waals surface area contributed by atoms with Crippen LogP contribution in [0.25, 0.3) is 0 Å². The van der Waals surface area contributed by atoms with Crippen molar-refractivity contribution < 1.29 is 14.7 Å². The second kappa shape index (κ2) is 4.64. The smallest absolute Gasteiger partial charge is 0.329 e. The molecular formula is C9H15NO3. The lowest BCUT2D eigenvalue weighted by atomic mass is 9.99. The summed E-state index contributed by atoms with van der Waals surface area (Å²) in [6.07, 6.45) is 3.22. The van der Waals surface area contributed by atoms with Crippen molar-refractivity contribution in [3.8, 4) is 0 Å². The van der Waals surface area contributed by atoms with Crippen LogP contribution >= 0.6 is 0 Å². The first kappa shape index (κ1) is 11.7. The molecule has 1 atom stereocenters. The fourth-order valence-electron chi connectivity index (χ4n) is 0.758. The normalized spacial score (nSPS) is 15.3. The maximum absolute atomic E-state index is 11.1. The van der Waals surface area contributed by atoms with Gasteiger partial charge in [-0.3, -0.25) is 4.79 Å². The minimum Gasteiger partial charge on any atom is -0.480 e. The molecule has 0 aromatic carbocycles. The van der Waals surface area contributed by atoms with Gasteiger partial charge in [-0.25, -0.2) is 4.79 Å². The summed E-state index contributed by atoms with van der Waals surface area (Å²) in [5, 5.41) is 11.2. The van der Waals surface area contributed by atoms with Gasteiger partial charge in [0.25, 0.3) is 0 Å². The Morgan fingerprint density at radius 2 is 2.08 bits per heavy atom. The fraction of sp³-hybridized carbons (Fsp3) is 0.556. The number of nitrogens with one attached hydrogen (secondary N) is 1. The highest BCUT2D eigenvalue weighted by Crippen LogP contribution is 2.08. The molecule has 0 aliphatic carbocycles. The molecule has 74 valence electrons. The fourth-order valence-corrected chi connectivity index (χ4v) is 0.758. The lowest BCUT2D eigenvalue weighted by molar-refractivity contribution is -0.146. The molecule has 0 aliphatic rings. The number of aliphatic carboxylic acids is 1. The zero-order valence-corrected chi connectivity index (χ0v) is 8.13. The van der Waals surface area contributed by atoms with Crippen molar-refractivity contribution in [1.82, 2.24) is 5.32 Å². The molecule has 0 aromatic heterocycles. The van der Waals surface area contributed by atoms with E-state index in [1.165, 1.54) is 13.0 Å². The Kier molecular flexibility index (Phi) is 4.17. The Morgan fingerprint density at radius 1 is 1.54 bits per heavy atom. The van der Waals surface area contributed by atoms with Crippen molar-refractivity contribution in [3.05, 3.63) is 12.2 Å². The summed E-state index contributed by atoms with van der Waals surface area (Å²) >= 11 is 0. The summed E-state index contributed by atoms with van der Waals surface area (Å²) in [6.45, 7) is 4.89. The maximum atomic E-state index is 11.1. The molecule has 4 nitrogen and oxygen atoms in total. The molecule has 1 unspecified atom stereocenters. The maximum Gasteiger partial charge on any atom is 0.329 e. The summed E-state index contributed by atoms with van der Waals surface area (Å²) in [7, 11) is 0. The first-order valence-electron chi connectivity index (χ1n) is 4.14. The van der Waals surface area contributed by atoms with E-state index in [1.807, 2.05) is 0 Å². The van der Waals surface area contributed by atoms with Crippen LogP contribution in [0.15, 0.2) is 12.2 Å². The molecule has 1 amide bonds. The van der Waals surface area contributed by atoms with Crippen LogP contribution in [0, 0.1) is 0 Å². The molecule has 0 aromatic rings. The topological polar surface area (TPSA) is 66.4 Å². The number of rotatable bonds is 4. The van der Waals surface area contributed by atoms with Crippen LogP contribution in [-0.4, -0.2) is 22.5 Å². The predicted molar refractivity (Wildman–Crippen MR) is 49.3 cm³/mol. The van der Waals surface area contributed by atoms with Crippen LogP contribution < -0.4 is 5.32 Å². The van der Waals surface area contributed by atoms with Gasteiger partial charge in [0.05, 0.1) is 0 Å². The molecule has 0 bridgehead atoms. The Bertz CT molecular complexity index is 235. The third-order valence-electron chi connectivity index (χ3n) is 1.90. The highest BCUT2D eigenvalue weighted by molar-refractivity contribution is 5.92. The number of hydrogen-bond donors (Lipinski definition) is 2. The van der Waals surface area contributed by atoms with E-state index in [2.05, 4.69) is 5.32 Å². The molecule has 0 heterocycles. The largest absolute Gasteiger partial charge is 0.480 e. The van der Waals surface area contributed by atoms with Gasteiger partial charge in [0, 0.05) is 0 Å². The van der Waals surface area contributed by atoms with Crippen LogP contribution in [-0.2, 0) is 9.59 Å². The average molecular weight is 185 g/mol. The average Bonchev–Trinajstić information content (AvgIpc) is 2.04. The monoisotopic (exact) mass is 185 g/mol. The number of hydrogen-bond acceptors (Lipinski definition) is 2. The van der Waals surface area contributed by atoms with E-state index in [0.29, 0.717) is 6.42 Å². The van der Waals surface area contributed by atoms with Crippen molar-refractivity contribution in [2.24, 2.45) is 0 Å². The van der Waals surface area contributed by atoms with Crippen molar-refractivity contribution in [2.45, 2.75) is 32.7 Å². The van der Waals surface area contributed by atoms with E-state index in [4.69, 9.17) is 5.11 Å². The molecule has 0 radical (unpaired) electrons. The number of amides is 1. The van der Waals surface area contributed by atoms with E-state index in [9.17, 15) is 9.59 Å². The molecule has 0 rings (SSSR count). The molecule has 13 heavy (non-hydrogen) atoms. The first-order valence-corrected chi connectivity index (χ1v) is 4.14. The number of allylic oxidation sites excluding steroid dienone is 1. The molecule has 0 aliphatic heterocycles. The Morgan fingerprint density at radius 3 is 2.38 bits per heavy atom. The summed E-state index contributed by atoms with van der Waals surface area (Å²) in [5.74, 6) is -1.40.